The molecule has 4 heteroatoms. The first kappa shape index (κ1) is 15.9. The third-order valence-electron chi connectivity index (χ3n) is 4.48. The summed E-state index contributed by atoms with van der Waals surface area (Å²) in [5.41, 5.74) is 6.27. The molecule has 0 saturated heterocycles. The van der Waals surface area contributed by atoms with Gasteiger partial charge in [-0.1, -0.05) is 35.9 Å². The molecule has 0 unspecified atom stereocenters. The third-order valence-corrected chi connectivity index (χ3v) is 4.71. The number of aromatic nitrogens is 1. The Morgan fingerprint density at radius 3 is 2.76 bits per heavy atom. The van der Waals surface area contributed by atoms with E-state index in [1.165, 1.54) is 6.07 Å². The van der Waals surface area contributed by atoms with Crippen LogP contribution in [0.25, 0.3) is 11.1 Å². The summed E-state index contributed by atoms with van der Waals surface area (Å²) < 4.78 is 14.4. The molecule has 0 spiro atoms. The van der Waals surface area contributed by atoms with Crippen molar-refractivity contribution in [1.82, 2.24) is 4.98 Å². The predicted molar refractivity (Wildman–Crippen MR) is 101 cm³/mol. The number of benzene rings is 2. The number of nitrogens with one attached hydrogen (secondary N) is 1. The Labute approximate surface area is 150 Å². The van der Waals surface area contributed by atoms with Crippen LogP contribution in [0.5, 0.6) is 0 Å². The van der Waals surface area contributed by atoms with Crippen molar-refractivity contribution >= 4 is 17.3 Å². The first-order valence-corrected chi connectivity index (χ1v) is 8.46. The molecule has 4 rings (SSSR count). The average Bonchev–Trinajstić information content (AvgIpc) is 2.92. The summed E-state index contributed by atoms with van der Waals surface area (Å²) in [5.74, 6) is -0.286. The van der Waals surface area contributed by atoms with E-state index in [0.717, 1.165) is 34.4 Å². The molecule has 0 atom stereocenters. The molecule has 2 heterocycles. The van der Waals surface area contributed by atoms with Gasteiger partial charge in [-0.3, -0.25) is 4.99 Å². The van der Waals surface area contributed by atoms with Gasteiger partial charge in [0.2, 0.25) is 0 Å². The minimum Gasteiger partial charge on any atom is -0.364 e. The largest absolute Gasteiger partial charge is 0.364 e. The Morgan fingerprint density at radius 1 is 1.12 bits per heavy atom. The highest BCUT2D eigenvalue weighted by molar-refractivity contribution is 6.31. The lowest BCUT2D eigenvalue weighted by Crippen LogP contribution is -2.07. The summed E-state index contributed by atoms with van der Waals surface area (Å²) in [6.45, 7) is 4.30. The SMILES string of the molecule is C=CCc1[nH]cc2c1CN=C(c1ccccc1F)c1cc(Cl)ccc1-2. The van der Waals surface area contributed by atoms with Crippen molar-refractivity contribution in [3.8, 4) is 11.1 Å². The summed E-state index contributed by atoms with van der Waals surface area (Å²) in [4.78, 5) is 8.08. The number of aliphatic imine (C=N–C) groups is 1. The average molecular weight is 351 g/mol. The van der Waals surface area contributed by atoms with Crippen molar-refractivity contribution in [2.45, 2.75) is 13.0 Å². The molecule has 0 aliphatic carbocycles. The first-order valence-electron chi connectivity index (χ1n) is 8.08. The molecule has 0 radical (unpaired) electrons. The Hall–Kier alpha value is -2.65. The summed E-state index contributed by atoms with van der Waals surface area (Å²) in [6, 6.07) is 12.4. The lowest BCUT2D eigenvalue weighted by molar-refractivity contribution is 0.625. The second kappa shape index (κ2) is 6.34. The minimum absolute atomic E-state index is 0.286. The summed E-state index contributed by atoms with van der Waals surface area (Å²) in [5, 5.41) is 0.605. The number of nitrogens with zero attached hydrogens (tertiary/aromatic N) is 1. The fraction of sp³-hybridized carbons (Fsp3) is 0.0952. The van der Waals surface area contributed by atoms with Gasteiger partial charge in [0.1, 0.15) is 5.82 Å². The zero-order chi connectivity index (χ0) is 17.4. The molecular weight excluding hydrogens is 335 g/mol. The van der Waals surface area contributed by atoms with Crippen molar-refractivity contribution in [2.75, 3.05) is 0 Å². The Kier molecular flexibility index (Phi) is 4.02. The fourth-order valence-corrected chi connectivity index (χ4v) is 3.49. The second-order valence-electron chi connectivity index (χ2n) is 5.99. The van der Waals surface area contributed by atoms with Gasteiger partial charge in [-0.25, -0.2) is 4.39 Å². The van der Waals surface area contributed by atoms with Crippen molar-refractivity contribution in [3.63, 3.8) is 0 Å². The van der Waals surface area contributed by atoms with Gasteiger partial charge in [0.25, 0.3) is 0 Å². The molecule has 3 aromatic rings. The van der Waals surface area contributed by atoms with E-state index in [1.807, 2.05) is 36.5 Å². The van der Waals surface area contributed by atoms with Crippen LogP contribution in [0.2, 0.25) is 5.02 Å². The van der Waals surface area contributed by atoms with Crippen LogP contribution in [0.3, 0.4) is 0 Å². The lowest BCUT2D eigenvalue weighted by atomic mass is 9.93. The van der Waals surface area contributed by atoms with Gasteiger partial charge < -0.3 is 4.98 Å². The van der Waals surface area contributed by atoms with E-state index in [-0.39, 0.29) is 5.82 Å². The molecule has 2 nitrogen and oxygen atoms in total. The molecule has 1 aromatic heterocycles. The van der Waals surface area contributed by atoms with E-state index < -0.39 is 0 Å². The molecule has 2 aromatic carbocycles. The van der Waals surface area contributed by atoms with Crippen LogP contribution >= 0.6 is 11.6 Å². The molecule has 1 aliphatic heterocycles. The van der Waals surface area contributed by atoms with Crippen LogP contribution in [0.1, 0.15) is 22.4 Å². The maximum Gasteiger partial charge on any atom is 0.132 e. The molecule has 1 N–H and O–H groups in total. The van der Waals surface area contributed by atoms with Crippen molar-refractivity contribution in [1.29, 1.82) is 0 Å². The third kappa shape index (κ3) is 2.71. The van der Waals surface area contributed by atoms with E-state index in [4.69, 9.17) is 16.6 Å². The van der Waals surface area contributed by atoms with Gasteiger partial charge in [-0.15, -0.1) is 6.58 Å². The van der Waals surface area contributed by atoms with Crippen LogP contribution in [-0.2, 0) is 13.0 Å². The first-order chi connectivity index (χ1) is 12.2. The second-order valence-corrected chi connectivity index (χ2v) is 6.42. The number of fused-ring (bicyclic) bond motifs is 3. The predicted octanol–water partition coefficient (Wildman–Crippen LogP) is 5.55. The molecular formula is C21H16ClFN2. The summed E-state index contributed by atoms with van der Waals surface area (Å²) in [6.07, 6.45) is 4.59. The molecule has 1 aliphatic rings. The highest BCUT2D eigenvalue weighted by Gasteiger charge is 2.23. The normalized spacial score (nSPS) is 12.8. The van der Waals surface area contributed by atoms with E-state index >= 15 is 0 Å². The fourth-order valence-electron chi connectivity index (χ4n) is 3.32. The van der Waals surface area contributed by atoms with Crippen LogP contribution in [0.4, 0.5) is 4.39 Å². The number of halogens is 2. The summed E-state index contributed by atoms with van der Waals surface area (Å²) in [7, 11) is 0. The molecule has 124 valence electrons. The summed E-state index contributed by atoms with van der Waals surface area (Å²) >= 11 is 6.23. The van der Waals surface area contributed by atoms with Gasteiger partial charge in [0.05, 0.1) is 12.3 Å². The Morgan fingerprint density at radius 2 is 1.96 bits per heavy atom. The van der Waals surface area contributed by atoms with Gasteiger partial charge >= 0.3 is 0 Å². The number of hydrogen-bond donors (Lipinski definition) is 1. The number of hydrogen-bond acceptors (Lipinski definition) is 1. The highest BCUT2D eigenvalue weighted by Crippen LogP contribution is 2.36. The van der Waals surface area contributed by atoms with E-state index in [0.29, 0.717) is 22.8 Å². The number of rotatable bonds is 3. The van der Waals surface area contributed by atoms with Crippen molar-refractivity contribution in [3.05, 3.63) is 94.5 Å². The van der Waals surface area contributed by atoms with E-state index in [1.54, 1.807) is 12.1 Å². The minimum atomic E-state index is -0.286. The molecule has 0 saturated carbocycles. The zero-order valence-corrected chi connectivity index (χ0v) is 14.3. The monoisotopic (exact) mass is 350 g/mol. The smallest absolute Gasteiger partial charge is 0.132 e. The Balaban J connectivity index is 1.98. The van der Waals surface area contributed by atoms with Crippen LogP contribution in [0.15, 0.2) is 66.3 Å². The van der Waals surface area contributed by atoms with Crippen LogP contribution in [0, 0.1) is 5.82 Å². The molecule has 0 fully saturated rings. The number of allylic oxidation sites excluding steroid dienone is 1. The standard InChI is InChI=1S/C21H16ClFN2/c1-2-5-20-18-12-25-21(15-6-3-4-7-19(15)23)16-10-13(22)8-9-14(16)17(18)11-24-20/h2-4,6-11,24H,1,5,12H2. The quantitative estimate of drug-likeness (QED) is 0.599. The lowest BCUT2D eigenvalue weighted by Gasteiger charge is -2.11. The van der Waals surface area contributed by atoms with Gasteiger partial charge in [0, 0.05) is 45.6 Å². The number of H-pyrrole nitrogens is 1. The topological polar surface area (TPSA) is 28.1 Å². The molecule has 25 heavy (non-hydrogen) atoms. The molecule has 0 bridgehead atoms. The van der Waals surface area contributed by atoms with Gasteiger partial charge in [-0.05, 0) is 29.8 Å². The maximum absolute atomic E-state index is 14.4. The van der Waals surface area contributed by atoms with Crippen LogP contribution < -0.4 is 0 Å². The van der Waals surface area contributed by atoms with Crippen molar-refractivity contribution in [2.24, 2.45) is 4.99 Å². The Bertz CT molecular complexity index is 1000. The van der Waals surface area contributed by atoms with E-state index in [9.17, 15) is 4.39 Å². The van der Waals surface area contributed by atoms with Crippen LogP contribution in [-0.4, -0.2) is 10.7 Å². The van der Waals surface area contributed by atoms with Gasteiger partial charge in [-0.2, -0.15) is 0 Å². The maximum atomic E-state index is 14.4. The van der Waals surface area contributed by atoms with E-state index in [2.05, 4.69) is 11.6 Å². The van der Waals surface area contributed by atoms with Gasteiger partial charge in [0.15, 0.2) is 0 Å². The number of aromatic amines is 1. The molecule has 0 amide bonds. The zero-order valence-electron chi connectivity index (χ0n) is 13.5. The van der Waals surface area contributed by atoms with Crippen molar-refractivity contribution < 1.29 is 4.39 Å². The highest BCUT2D eigenvalue weighted by atomic mass is 35.5.